The Labute approximate surface area is 132 Å². The summed E-state index contributed by atoms with van der Waals surface area (Å²) in [6, 6.07) is 0.464. The van der Waals surface area contributed by atoms with E-state index in [2.05, 4.69) is 23.5 Å². The van der Waals surface area contributed by atoms with Crippen LogP contribution < -0.4 is 0 Å². The number of imidazole rings is 1. The second-order valence-electron chi connectivity index (χ2n) is 5.92. The van der Waals surface area contributed by atoms with Crippen LogP contribution in [0.25, 0.3) is 11.2 Å². The van der Waals surface area contributed by atoms with Crippen molar-refractivity contribution >= 4 is 22.8 Å². The van der Waals surface area contributed by atoms with Gasteiger partial charge in [0.2, 0.25) is 0 Å². The van der Waals surface area contributed by atoms with Crippen molar-refractivity contribution < 1.29 is 0 Å². The molecule has 21 heavy (non-hydrogen) atoms. The Hall–Kier alpha value is -1.03. The largest absolute Gasteiger partial charge is 0.309 e. The van der Waals surface area contributed by atoms with E-state index in [0.717, 1.165) is 29.1 Å². The highest BCUT2D eigenvalue weighted by molar-refractivity contribution is 6.20. The number of aromatic nitrogens is 4. The maximum Gasteiger partial charge on any atom is 0.158 e. The monoisotopic (exact) mass is 310 g/mol. The zero-order chi connectivity index (χ0) is 15.6. The highest BCUT2D eigenvalue weighted by Crippen LogP contribution is 2.33. The van der Waals surface area contributed by atoms with Crippen LogP contribution in [0.15, 0.2) is 0 Å². The average molecular weight is 311 g/mol. The van der Waals surface area contributed by atoms with Crippen molar-refractivity contribution in [3.8, 4) is 0 Å². The lowest BCUT2D eigenvalue weighted by Crippen LogP contribution is -2.15. The molecule has 5 heteroatoms. The fourth-order valence-corrected chi connectivity index (χ4v) is 3.28. The van der Waals surface area contributed by atoms with E-state index < -0.39 is 0 Å². The smallest absolute Gasteiger partial charge is 0.158 e. The van der Waals surface area contributed by atoms with E-state index in [4.69, 9.17) is 16.6 Å². The van der Waals surface area contributed by atoms with Crippen LogP contribution in [0, 0.1) is 6.92 Å². The van der Waals surface area contributed by atoms with Gasteiger partial charge in [-0.15, -0.1) is 11.6 Å². The van der Waals surface area contributed by atoms with Gasteiger partial charge in [0.1, 0.15) is 11.3 Å². The predicted octanol–water partition coefficient (Wildman–Crippen LogP) is 4.91. The number of rotatable bonds is 7. The Kier molecular flexibility index (Phi) is 5.31. The van der Waals surface area contributed by atoms with Crippen LogP contribution in [0.4, 0.5) is 0 Å². The molecule has 0 aromatic carbocycles. The number of nitrogens with zero attached hydrogens (tertiary/aromatic N) is 4. The third-order valence-corrected chi connectivity index (χ3v) is 4.29. The van der Waals surface area contributed by atoms with Gasteiger partial charge in [-0.1, -0.05) is 33.1 Å². The van der Waals surface area contributed by atoms with E-state index in [0.29, 0.717) is 6.04 Å². The first-order valence-corrected chi connectivity index (χ1v) is 8.50. The molecule has 0 saturated heterocycles. The van der Waals surface area contributed by atoms with Crippen molar-refractivity contribution in [1.29, 1.82) is 0 Å². The Morgan fingerprint density at radius 1 is 1.19 bits per heavy atom. The molecule has 2 aromatic rings. The molecule has 0 radical (unpaired) electrons. The van der Waals surface area contributed by atoms with Crippen LogP contribution in [0.2, 0.25) is 0 Å². The van der Waals surface area contributed by atoms with E-state index in [-0.39, 0.29) is 5.38 Å². The second kappa shape index (κ2) is 6.82. The fourth-order valence-electron chi connectivity index (χ4n) is 3.13. The predicted molar refractivity (Wildman–Crippen MR) is 89.0 cm³/mol. The minimum Gasteiger partial charge on any atom is -0.309 e. The van der Waals surface area contributed by atoms with E-state index in [1.807, 2.05) is 25.6 Å². The third-order valence-electron chi connectivity index (χ3n) is 4.10. The Morgan fingerprint density at radius 3 is 2.48 bits per heavy atom. The lowest BCUT2D eigenvalue weighted by atomic mass is 10.0. The molecule has 0 fully saturated rings. The zero-order valence-electron chi connectivity index (χ0n) is 13.9. The van der Waals surface area contributed by atoms with Crippen LogP contribution in [0.3, 0.4) is 0 Å². The molecule has 0 aliphatic rings. The van der Waals surface area contributed by atoms with E-state index in [1.54, 1.807) is 0 Å². The average Bonchev–Trinajstić information content (AvgIpc) is 2.94. The van der Waals surface area contributed by atoms with Crippen LogP contribution in [0.1, 0.15) is 75.8 Å². The standard InChI is InChI=1S/C16H27ClN4/c1-6-8-10-13(9-7-2)21-15(11(3)17)18-14-12(4)19-20(5)16(14)21/h11,13H,6-10H2,1-5H3. The maximum absolute atomic E-state index is 6.41. The molecule has 4 nitrogen and oxygen atoms in total. The number of fused-ring (bicyclic) bond motifs is 1. The molecule has 0 amide bonds. The van der Waals surface area contributed by atoms with Crippen molar-refractivity contribution in [2.75, 3.05) is 0 Å². The molecule has 2 rings (SSSR count). The number of unbranched alkanes of at least 4 members (excludes halogenated alkanes) is 1. The van der Waals surface area contributed by atoms with Crippen LogP contribution in [0.5, 0.6) is 0 Å². The normalized spacial score (nSPS) is 14.8. The SMILES string of the molecule is CCCCC(CCC)n1c(C(C)Cl)nc2c(C)nn(C)c21. The van der Waals surface area contributed by atoms with Gasteiger partial charge in [-0.25, -0.2) is 4.98 Å². The van der Waals surface area contributed by atoms with E-state index in [1.165, 1.54) is 25.7 Å². The van der Waals surface area contributed by atoms with Crippen molar-refractivity contribution in [2.45, 2.75) is 71.2 Å². The molecule has 2 heterocycles. The van der Waals surface area contributed by atoms with E-state index >= 15 is 0 Å². The Bertz CT molecular complexity index is 597. The quantitative estimate of drug-likeness (QED) is 0.681. The molecule has 0 N–H and O–H groups in total. The Morgan fingerprint density at radius 2 is 1.90 bits per heavy atom. The summed E-state index contributed by atoms with van der Waals surface area (Å²) in [5.41, 5.74) is 3.10. The molecule has 0 aliphatic carbocycles. The van der Waals surface area contributed by atoms with Crippen molar-refractivity contribution in [2.24, 2.45) is 7.05 Å². The van der Waals surface area contributed by atoms with Gasteiger partial charge in [-0.05, 0) is 26.7 Å². The molecular weight excluding hydrogens is 284 g/mol. The summed E-state index contributed by atoms with van der Waals surface area (Å²) >= 11 is 6.41. The van der Waals surface area contributed by atoms with Crippen molar-refractivity contribution in [3.63, 3.8) is 0 Å². The number of aryl methyl sites for hydroxylation is 2. The van der Waals surface area contributed by atoms with Gasteiger partial charge >= 0.3 is 0 Å². The summed E-state index contributed by atoms with van der Waals surface area (Å²) in [4.78, 5) is 4.79. The zero-order valence-corrected chi connectivity index (χ0v) is 14.6. The summed E-state index contributed by atoms with van der Waals surface area (Å²) in [7, 11) is 2.00. The summed E-state index contributed by atoms with van der Waals surface area (Å²) in [6.45, 7) is 8.51. The van der Waals surface area contributed by atoms with Gasteiger partial charge in [0.25, 0.3) is 0 Å². The molecule has 0 spiro atoms. The van der Waals surface area contributed by atoms with Gasteiger partial charge in [0.05, 0.1) is 11.1 Å². The second-order valence-corrected chi connectivity index (χ2v) is 6.58. The number of hydrogen-bond acceptors (Lipinski definition) is 2. The maximum atomic E-state index is 6.41. The number of halogens is 1. The minimum absolute atomic E-state index is 0.0854. The molecule has 0 saturated carbocycles. The molecule has 2 atom stereocenters. The number of alkyl halides is 1. The minimum atomic E-state index is -0.0854. The van der Waals surface area contributed by atoms with Gasteiger partial charge < -0.3 is 4.57 Å². The van der Waals surface area contributed by atoms with Crippen LogP contribution in [-0.2, 0) is 7.05 Å². The molecule has 2 aromatic heterocycles. The third kappa shape index (κ3) is 3.10. The van der Waals surface area contributed by atoms with Crippen molar-refractivity contribution in [3.05, 3.63) is 11.5 Å². The van der Waals surface area contributed by atoms with Gasteiger partial charge in [0.15, 0.2) is 5.65 Å². The van der Waals surface area contributed by atoms with Gasteiger partial charge in [-0.2, -0.15) is 5.10 Å². The summed E-state index contributed by atoms with van der Waals surface area (Å²) in [6.07, 6.45) is 5.95. The first-order valence-electron chi connectivity index (χ1n) is 8.06. The lowest BCUT2D eigenvalue weighted by molar-refractivity contribution is 0.409. The molecule has 0 aliphatic heterocycles. The Balaban J connectivity index is 2.58. The molecule has 0 bridgehead atoms. The van der Waals surface area contributed by atoms with Crippen LogP contribution >= 0.6 is 11.6 Å². The fraction of sp³-hybridized carbons (Fsp3) is 0.750. The van der Waals surface area contributed by atoms with E-state index in [9.17, 15) is 0 Å². The summed E-state index contributed by atoms with van der Waals surface area (Å²) in [5, 5.41) is 4.44. The first-order chi connectivity index (χ1) is 10.0. The van der Waals surface area contributed by atoms with Gasteiger partial charge in [-0.3, -0.25) is 4.68 Å². The first kappa shape index (κ1) is 16.3. The highest BCUT2D eigenvalue weighted by Gasteiger charge is 2.24. The topological polar surface area (TPSA) is 35.6 Å². The number of hydrogen-bond donors (Lipinski definition) is 0. The summed E-state index contributed by atoms with van der Waals surface area (Å²) in [5.74, 6) is 0.984. The lowest BCUT2D eigenvalue weighted by Gasteiger charge is -2.22. The van der Waals surface area contributed by atoms with Crippen molar-refractivity contribution in [1.82, 2.24) is 19.3 Å². The molecular formula is C16H27ClN4. The van der Waals surface area contributed by atoms with Gasteiger partial charge in [0, 0.05) is 13.1 Å². The summed E-state index contributed by atoms with van der Waals surface area (Å²) < 4.78 is 4.31. The molecule has 2 unspecified atom stereocenters. The molecule has 118 valence electrons. The highest BCUT2D eigenvalue weighted by atomic mass is 35.5. The van der Waals surface area contributed by atoms with Crippen LogP contribution in [-0.4, -0.2) is 19.3 Å².